The van der Waals surface area contributed by atoms with Crippen LogP contribution in [0.5, 0.6) is 11.5 Å². The van der Waals surface area contributed by atoms with Crippen molar-refractivity contribution in [3.63, 3.8) is 0 Å². The average Bonchev–Trinajstić information content (AvgIpc) is 2.54. The van der Waals surface area contributed by atoms with Crippen molar-refractivity contribution in [1.82, 2.24) is 9.97 Å². The van der Waals surface area contributed by atoms with E-state index in [9.17, 15) is 4.79 Å². The molecule has 1 aromatic carbocycles. The maximum atomic E-state index is 11.7. The van der Waals surface area contributed by atoms with E-state index in [0.29, 0.717) is 22.9 Å². The number of carbonyl (C=O) groups excluding carboxylic acids is 1. The molecule has 0 saturated carbocycles. The zero-order valence-electron chi connectivity index (χ0n) is 12.6. The minimum Gasteiger partial charge on any atom is -0.497 e. The molecule has 22 heavy (non-hydrogen) atoms. The number of nitrogens with two attached hydrogens (primary N) is 1. The first kappa shape index (κ1) is 15.6. The summed E-state index contributed by atoms with van der Waals surface area (Å²) < 4.78 is 15.4. The normalized spacial score (nSPS) is 10.1. The summed E-state index contributed by atoms with van der Waals surface area (Å²) in [7, 11) is 3.10. The van der Waals surface area contributed by atoms with Gasteiger partial charge in [0.1, 0.15) is 22.9 Å². The van der Waals surface area contributed by atoms with Gasteiger partial charge in [-0.05, 0) is 25.1 Å². The summed E-state index contributed by atoms with van der Waals surface area (Å²) in [6.07, 6.45) is 1.34. The summed E-state index contributed by atoms with van der Waals surface area (Å²) in [6.45, 7) is 1.97. The molecule has 0 saturated heterocycles. The first-order valence-corrected chi connectivity index (χ1v) is 6.62. The van der Waals surface area contributed by atoms with Crippen molar-refractivity contribution in [1.29, 1.82) is 0 Å². The lowest BCUT2D eigenvalue weighted by Gasteiger charge is -2.11. The van der Waals surface area contributed by atoms with E-state index >= 15 is 0 Å². The van der Waals surface area contributed by atoms with Gasteiger partial charge in [-0.25, -0.2) is 14.8 Å². The van der Waals surface area contributed by atoms with Crippen molar-refractivity contribution in [3.8, 4) is 22.9 Å². The third kappa shape index (κ3) is 3.08. The molecule has 116 valence electrons. The molecule has 0 unspecified atom stereocenters. The third-order valence-corrected chi connectivity index (χ3v) is 2.96. The van der Waals surface area contributed by atoms with Crippen molar-refractivity contribution in [3.05, 3.63) is 30.0 Å². The van der Waals surface area contributed by atoms with E-state index in [0.717, 1.165) is 0 Å². The molecule has 7 nitrogen and oxygen atoms in total. The Kier molecular flexibility index (Phi) is 4.77. The Bertz CT molecular complexity index is 688. The maximum Gasteiger partial charge on any atom is 0.343 e. The van der Waals surface area contributed by atoms with E-state index in [1.54, 1.807) is 39.3 Å². The molecule has 1 aromatic heterocycles. The summed E-state index contributed by atoms with van der Waals surface area (Å²) in [4.78, 5) is 20.0. The smallest absolute Gasteiger partial charge is 0.343 e. The van der Waals surface area contributed by atoms with Crippen molar-refractivity contribution < 1.29 is 19.0 Å². The number of benzene rings is 1. The Morgan fingerprint density at radius 3 is 2.64 bits per heavy atom. The number of aromatic nitrogens is 2. The molecule has 0 radical (unpaired) electrons. The number of ether oxygens (including phenoxy) is 3. The zero-order valence-corrected chi connectivity index (χ0v) is 12.6. The van der Waals surface area contributed by atoms with Crippen LogP contribution in [0.15, 0.2) is 24.4 Å². The van der Waals surface area contributed by atoms with Crippen molar-refractivity contribution >= 4 is 11.8 Å². The number of nitrogen functional groups attached to an aromatic ring is 1. The van der Waals surface area contributed by atoms with Gasteiger partial charge in [-0.3, -0.25) is 0 Å². The Morgan fingerprint density at radius 1 is 1.27 bits per heavy atom. The SMILES string of the molecule is CCOC(=O)c1cnc(-c2cc(OC)ccc2OC)nc1N. The van der Waals surface area contributed by atoms with E-state index in [2.05, 4.69) is 9.97 Å². The number of methoxy groups -OCH3 is 2. The van der Waals surface area contributed by atoms with Crippen LogP contribution in [0.4, 0.5) is 5.82 Å². The lowest BCUT2D eigenvalue weighted by molar-refractivity contribution is 0.0527. The van der Waals surface area contributed by atoms with E-state index in [1.165, 1.54) is 6.20 Å². The van der Waals surface area contributed by atoms with Crippen LogP contribution in [-0.2, 0) is 4.74 Å². The van der Waals surface area contributed by atoms with Crippen molar-refractivity contribution in [2.75, 3.05) is 26.6 Å². The highest BCUT2D eigenvalue weighted by atomic mass is 16.5. The van der Waals surface area contributed by atoms with Crippen LogP contribution >= 0.6 is 0 Å². The third-order valence-electron chi connectivity index (χ3n) is 2.96. The summed E-state index contributed by atoms with van der Waals surface area (Å²) in [5.74, 6) is 1.04. The zero-order chi connectivity index (χ0) is 16.1. The predicted molar refractivity (Wildman–Crippen MR) is 80.9 cm³/mol. The molecule has 2 N–H and O–H groups in total. The van der Waals surface area contributed by atoms with Gasteiger partial charge >= 0.3 is 5.97 Å². The second-order valence-electron chi connectivity index (χ2n) is 4.28. The summed E-state index contributed by atoms with van der Waals surface area (Å²) >= 11 is 0. The minimum atomic E-state index is -0.552. The van der Waals surface area contributed by atoms with Gasteiger partial charge in [0, 0.05) is 6.20 Å². The first-order valence-electron chi connectivity index (χ1n) is 6.62. The monoisotopic (exact) mass is 303 g/mol. The molecule has 0 fully saturated rings. The summed E-state index contributed by atoms with van der Waals surface area (Å²) in [5, 5.41) is 0. The van der Waals surface area contributed by atoms with E-state index in [4.69, 9.17) is 19.9 Å². The number of esters is 1. The predicted octanol–water partition coefficient (Wildman–Crippen LogP) is 1.92. The number of nitrogens with zero attached hydrogens (tertiary/aromatic N) is 2. The molecule has 0 aliphatic heterocycles. The Balaban J connectivity index is 2.46. The van der Waals surface area contributed by atoms with Gasteiger partial charge in [-0.2, -0.15) is 0 Å². The lowest BCUT2D eigenvalue weighted by atomic mass is 10.1. The fraction of sp³-hybridized carbons (Fsp3) is 0.267. The van der Waals surface area contributed by atoms with Gasteiger partial charge < -0.3 is 19.9 Å². The van der Waals surface area contributed by atoms with E-state index < -0.39 is 5.97 Å². The fourth-order valence-corrected chi connectivity index (χ4v) is 1.88. The Hall–Kier alpha value is -2.83. The van der Waals surface area contributed by atoms with Gasteiger partial charge in [0.05, 0.1) is 26.4 Å². The number of carbonyl (C=O) groups is 1. The highest BCUT2D eigenvalue weighted by Crippen LogP contribution is 2.31. The average molecular weight is 303 g/mol. The van der Waals surface area contributed by atoms with Gasteiger partial charge in [0.25, 0.3) is 0 Å². The van der Waals surface area contributed by atoms with Crippen LogP contribution in [0.1, 0.15) is 17.3 Å². The largest absolute Gasteiger partial charge is 0.497 e. The fourth-order valence-electron chi connectivity index (χ4n) is 1.88. The van der Waals surface area contributed by atoms with Crippen LogP contribution in [0.25, 0.3) is 11.4 Å². The molecule has 2 aromatic rings. The van der Waals surface area contributed by atoms with Gasteiger partial charge in [-0.1, -0.05) is 0 Å². The maximum absolute atomic E-state index is 11.7. The summed E-state index contributed by atoms with van der Waals surface area (Å²) in [5.41, 5.74) is 6.57. The molecular weight excluding hydrogens is 286 g/mol. The minimum absolute atomic E-state index is 0.0494. The molecule has 1 heterocycles. The molecular formula is C15H17N3O4. The number of anilines is 1. The Labute approximate surface area is 128 Å². The second-order valence-corrected chi connectivity index (χ2v) is 4.28. The summed E-state index contributed by atoms with van der Waals surface area (Å²) in [6, 6.07) is 5.24. The number of hydrogen-bond acceptors (Lipinski definition) is 7. The molecule has 0 bridgehead atoms. The number of rotatable bonds is 5. The quantitative estimate of drug-likeness (QED) is 0.843. The topological polar surface area (TPSA) is 96.6 Å². The lowest BCUT2D eigenvalue weighted by Crippen LogP contribution is -2.11. The van der Waals surface area contributed by atoms with Crippen molar-refractivity contribution in [2.45, 2.75) is 6.92 Å². The Morgan fingerprint density at radius 2 is 2.05 bits per heavy atom. The van der Waals surface area contributed by atoms with Gasteiger partial charge in [0.15, 0.2) is 5.82 Å². The molecule has 0 atom stereocenters. The van der Waals surface area contributed by atoms with E-state index in [-0.39, 0.29) is 18.0 Å². The van der Waals surface area contributed by atoms with Gasteiger partial charge in [-0.15, -0.1) is 0 Å². The van der Waals surface area contributed by atoms with Crippen LogP contribution in [0.3, 0.4) is 0 Å². The van der Waals surface area contributed by atoms with Crippen LogP contribution in [0, 0.1) is 0 Å². The van der Waals surface area contributed by atoms with Crippen molar-refractivity contribution in [2.24, 2.45) is 0 Å². The van der Waals surface area contributed by atoms with E-state index in [1.807, 2.05) is 0 Å². The first-order chi connectivity index (χ1) is 10.6. The standard InChI is InChI=1S/C15H17N3O4/c1-4-22-15(19)11-8-17-14(18-13(11)16)10-7-9(20-2)5-6-12(10)21-3/h5-8H,4H2,1-3H3,(H2,16,17,18). The molecule has 0 aliphatic carbocycles. The molecule has 0 aliphatic rings. The van der Waals surface area contributed by atoms with Crippen LogP contribution in [-0.4, -0.2) is 36.8 Å². The van der Waals surface area contributed by atoms with Crippen LogP contribution in [0.2, 0.25) is 0 Å². The highest BCUT2D eigenvalue weighted by Gasteiger charge is 2.16. The molecule has 2 rings (SSSR count). The van der Waals surface area contributed by atoms with Crippen LogP contribution < -0.4 is 15.2 Å². The second kappa shape index (κ2) is 6.75. The number of hydrogen-bond donors (Lipinski definition) is 1. The van der Waals surface area contributed by atoms with Gasteiger partial charge in [0.2, 0.25) is 0 Å². The molecule has 7 heteroatoms. The molecule has 0 spiro atoms. The highest BCUT2D eigenvalue weighted by molar-refractivity contribution is 5.94. The molecule has 0 amide bonds.